The monoisotopic (exact) mass is 355 g/mol. The second-order valence-corrected chi connectivity index (χ2v) is 6.91. The molecule has 2 nitrogen and oxygen atoms in total. The van der Waals surface area contributed by atoms with Gasteiger partial charge in [-0.25, -0.2) is 0 Å². The van der Waals surface area contributed by atoms with Crippen LogP contribution in [0.25, 0.3) is 0 Å². The second kappa shape index (κ2) is 7.65. The van der Waals surface area contributed by atoms with Gasteiger partial charge in [-0.3, -0.25) is 4.79 Å². The van der Waals surface area contributed by atoms with Crippen LogP contribution < -0.4 is 4.90 Å². The van der Waals surface area contributed by atoms with Gasteiger partial charge in [0.2, 0.25) is 0 Å². The van der Waals surface area contributed by atoms with Crippen LogP contribution in [0.2, 0.25) is 5.02 Å². The Morgan fingerprint density at radius 3 is 2.42 bits per heavy atom. The summed E-state index contributed by atoms with van der Waals surface area (Å²) in [4.78, 5) is 16.0. The molecule has 0 bridgehead atoms. The highest BCUT2D eigenvalue weighted by Gasteiger charge is 2.20. The molecule has 0 fully saturated rings. The third-order valence-electron chi connectivity index (χ3n) is 3.90. The minimum atomic E-state index is -0.0850. The largest absolute Gasteiger partial charge is 0.303 e. The highest BCUT2D eigenvalue weighted by Crippen LogP contribution is 2.25. The van der Waals surface area contributed by atoms with E-state index in [1.54, 1.807) is 28.4 Å². The summed E-state index contributed by atoms with van der Waals surface area (Å²) in [6, 6.07) is 19.4. The number of hydrogen-bond acceptors (Lipinski definition) is 2. The van der Waals surface area contributed by atoms with E-state index in [0.717, 1.165) is 17.0 Å². The number of aryl methyl sites for hydroxylation is 1. The van der Waals surface area contributed by atoms with E-state index in [2.05, 4.69) is 19.1 Å². The van der Waals surface area contributed by atoms with Gasteiger partial charge < -0.3 is 4.90 Å². The van der Waals surface area contributed by atoms with Crippen molar-refractivity contribution in [2.24, 2.45) is 0 Å². The van der Waals surface area contributed by atoms with Crippen LogP contribution in [0.4, 0.5) is 5.69 Å². The number of hydrogen-bond donors (Lipinski definition) is 0. The van der Waals surface area contributed by atoms with Gasteiger partial charge in [-0.1, -0.05) is 48.9 Å². The van der Waals surface area contributed by atoms with Gasteiger partial charge in [-0.05, 0) is 47.7 Å². The Kier molecular flexibility index (Phi) is 5.34. The molecule has 2 aromatic carbocycles. The van der Waals surface area contributed by atoms with Crippen molar-refractivity contribution in [1.29, 1.82) is 0 Å². The summed E-state index contributed by atoms with van der Waals surface area (Å²) in [7, 11) is 0. The maximum absolute atomic E-state index is 13.1. The summed E-state index contributed by atoms with van der Waals surface area (Å²) in [6.07, 6.45) is 0.976. The fourth-order valence-electron chi connectivity index (χ4n) is 2.53. The van der Waals surface area contributed by atoms with Crippen LogP contribution in [-0.2, 0) is 13.0 Å². The van der Waals surface area contributed by atoms with Gasteiger partial charge >= 0.3 is 0 Å². The fraction of sp³-hybridized carbons (Fsp3) is 0.150. The predicted octanol–water partition coefficient (Wildman–Crippen LogP) is 5.81. The number of carbonyl (C=O) groups excluding carboxylic acids is 1. The lowest BCUT2D eigenvalue weighted by Crippen LogP contribution is -2.30. The molecule has 1 heterocycles. The number of halogens is 1. The van der Waals surface area contributed by atoms with Gasteiger partial charge in [-0.2, -0.15) is 0 Å². The van der Waals surface area contributed by atoms with E-state index in [-0.39, 0.29) is 5.91 Å². The summed E-state index contributed by atoms with van der Waals surface area (Å²) in [6.45, 7) is 2.65. The minimum absolute atomic E-state index is 0.0850. The lowest BCUT2D eigenvalue weighted by Gasteiger charge is -2.23. The van der Waals surface area contributed by atoms with Crippen LogP contribution in [0.5, 0.6) is 0 Å². The van der Waals surface area contributed by atoms with Gasteiger partial charge in [0, 0.05) is 10.6 Å². The van der Waals surface area contributed by atoms with Crippen molar-refractivity contribution in [1.82, 2.24) is 0 Å². The standard InChI is InChI=1S/C20H18ClNOS/c1-2-15-9-11-16(12-10-15)22(14-17-6-5-13-24-17)20(23)18-7-3-4-8-19(18)21/h3-13H,2,14H2,1H3. The zero-order chi connectivity index (χ0) is 16.9. The summed E-state index contributed by atoms with van der Waals surface area (Å²) in [5.41, 5.74) is 2.65. The molecule has 0 unspecified atom stereocenters. The zero-order valence-corrected chi connectivity index (χ0v) is 15.0. The molecule has 0 aliphatic carbocycles. The van der Waals surface area contributed by atoms with Gasteiger partial charge in [0.05, 0.1) is 17.1 Å². The topological polar surface area (TPSA) is 20.3 Å². The molecule has 1 amide bonds. The molecule has 0 atom stereocenters. The molecule has 4 heteroatoms. The summed E-state index contributed by atoms with van der Waals surface area (Å²) in [5.74, 6) is -0.0850. The average molecular weight is 356 g/mol. The Labute approximate surface area is 151 Å². The highest BCUT2D eigenvalue weighted by atomic mass is 35.5. The predicted molar refractivity (Wildman–Crippen MR) is 102 cm³/mol. The molecule has 0 saturated heterocycles. The number of thiophene rings is 1. The Balaban J connectivity index is 1.97. The SMILES string of the molecule is CCc1ccc(N(Cc2cccs2)C(=O)c2ccccc2Cl)cc1. The van der Waals surface area contributed by atoms with Crippen LogP contribution in [-0.4, -0.2) is 5.91 Å². The molecule has 0 radical (unpaired) electrons. The van der Waals surface area contributed by atoms with Crippen LogP contribution in [0.15, 0.2) is 66.0 Å². The summed E-state index contributed by atoms with van der Waals surface area (Å²) < 4.78 is 0. The maximum Gasteiger partial charge on any atom is 0.260 e. The van der Waals surface area contributed by atoms with Gasteiger partial charge in [-0.15, -0.1) is 11.3 Å². The molecule has 0 saturated carbocycles. The van der Waals surface area contributed by atoms with E-state index in [9.17, 15) is 4.79 Å². The van der Waals surface area contributed by atoms with E-state index in [4.69, 9.17) is 11.6 Å². The van der Waals surface area contributed by atoms with Gasteiger partial charge in [0.15, 0.2) is 0 Å². The first kappa shape index (κ1) is 16.7. The number of nitrogens with zero attached hydrogens (tertiary/aromatic N) is 1. The van der Waals surface area contributed by atoms with Crippen molar-refractivity contribution >= 4 is 34.5 Å². The molecule has 24 heavy (non-hydrogen) atoms. The molecule has 0 aliphatic rings. The number of anilines is 1. The highest BCUT2D eigenvalue weighted by molar-refractivity contribution is 7.09. The molecule has 0 aliphatic heterocycles. The first-order valence-corrected chi connectivity index (χ1v) is 9.12. The van der Waals surface area contributed by atoms with Crippen molar-refractivity contribution in [3.63, 3.8) is 0 Å². The number of benzene rings is 2. The second-order valence-electron chi connectivity index (χ2n) is 5.47. The van der Waals surface area contributed by atoms with Crippen molar-refractivity contribution in [2.75, 3.05) is 4.90 Å². The van der Waals surface area contributed by atoms with E-state index >= 15 is 0 Å². The molecule has 0 spiro atoms. The molecule has 3 aromatic rings. The van der Waals surface area contributed by atoms with Gasteiger partial charge in [0.25, 0.3) is 5.91 Å². The third kappa shape index (κ3) is 3.69. The lowest BCUT2D eigenvalue weighted by atomic mass is 10.1. The first-order valence-electron chi connectivity index (χ1n) is 7.86. The van der Waals surface area contributed by atoms with Crippen molar-refractivity contribution in [2.45, 2.75) is 19.9 Å². The number of carbonyl (C=O) groups is 1. The third-order valence-corrected chi connectivity index (χ3v) is 5.09. The van der Waals surface area contributed by atoms with E-state index in [1.807, 2.05) is 41.8 Å². The smallest absolute Gasteiger partial charge is 0.260 e. The van der Waals surface area contributed by atoms with E-state index in [1.165, 1.54) is 5.56 Å². The fourth-order valence-corrected chi connectivity index (χ4v) is 3.44. The molecular weight excluding hydrogens is 338 g/mol. The molecular formula is C20H18ClNOS. The van der Waals surface area contributed by atoms with Crippen LogP contribution in [0.1, 0.15) is 27.7 Å². The Bertz CT molecular complexity index is 812. The van der Waals surface area contributed by atoms with Crippen molar-refractivity contribution < 1.29 is 4.79 Å². The zero-order valence-electron chi connectivity index (χ0n) is 13.4. The minimum Gasteiger partial charge on any atom is -0.303 e. The van der Waals surface area contributed by atoms with Crippen LogP contribution >= 0.6 is 22.9 Å². The summed E-state index contributed by atoms with van der Waals surface area (Å²) >= 11 is 7.88. The maximum atomic E-state index is 13.1. The molecule has 3 rings (SSSR count). The molecule has 0 N–H and O–H groups in total. The van der Waals surface area contributed by atoms with Crippen molar-refractivity contribution in [3.8, 4) is 0 Å². The Hall–Kier alpha value is -2.10. The van der Waals surface area contributed by atoms with Crippen LogP contribution in [0, 0.1) is 0 Å². The molecule has 122 valence electrons. The van der Waals surface area contributed by atoms with Crippen LogP contribution in [0.3, 0.4) is 0 Å². The number of rotatable bonds is 5. The average Bonchev–Trinajstić information content (AvgIpc) is 3.13. The molecule has 1 aromatic heterocycles. The van der Waals surface area contributed by atoms with Gasteiger partial charge in [0.1, 0.15) is 0 Å². The Morgan fingerprint density at radius 1 is 1.04 bits per heavy atom. The van der Waals surface area contributed by atoms with E-state index < -0.39 is 0 Å². The lowest BCUT2D eigenvalue weighted by molar-refractivity contribution is 0.0985. The first-order chi connectivity index (χ1) is 11.7. The van der Waals surface area contributed by atoms with E-state index in [0.29, 0.717) is 17.1 Å². The Morgan fingerprint density at radius 2 is 1.79 bits per heavy atom. The quantitative estimate of drug-likeness (QED) is 0.565. The normalized spacial score (nSPS) is 10.6. The van der Waals surface area contributed by atoms with Crippen molar-refractivity contribution in [3.05, 3.63) is 87.1 Å². The number of amides is 1. The summed E-state index contributed by atoms with van der Waals surface area (Å²) in [5, 5.41) is 2.50.